The number of hydrogen-bond acceptors (Lipinski definition) is 8. The number of aryl methyl sites for hydroxylation is 2. The van der Waals surface area contributed by atoms with Crippen molar-refractivity contribution in [2.24, 2.45) is 0 Å². The molecule has 10 nitrogen and oxygen atoms in total. The third kappa shape index (κ3) is 5.47. The molecular weight excluding hydrogens is 482 g/mol. The molecular formula is C28H35N7O3. The van der Waals surface area contributed by atoms with Crippen LogP contribution in [0.3, 0.4) is 0 Å². The maximum Gasteiger partial charge on any atom is 0.253 e. The van der Waals surface area contributed by atoms with E-state index in [1.54, 1.807) is 18.9 Å². The fourth-order valence-electron chi connectivity index (χ4n) is 5.15. The molecule has 10 heteroatoms. The standard InChI is InChI=1S/C28H35N7O3/c1-19-14-22-17-24(28(36)29-25(22)15-20(19)2)26(27-30-31-32-35(27)12-13-37-3)34-10-8-33(9-11-34)18-21-6-5-7-23(16-21)38-4/h5-7,14-17,26H,8-13,18H2,1-4H3,(H,29,36)/t26-/m0/s1. The molecule has 1 N–H and O–H groups in total. The number of tetrazole rings is 1. The van der Waals surface area contributed by atoms with Gasteiger partial charge in [0.05, 0.1) is 20.3 Å². The normalized spacial score (nSPS) is 15.7. The molecule has 3 heterocycles. The average molecular weight is 518 g/mol. The van der Waals surface area contributed by atoms with Crippen molar-refractivity contribution in [3.05, 3.63) is 80.9 Å². The lowest BCUT2D eigenvalue weighted by Crippen LogP contribution is -2.48. The Morgan fingerprint density at radius 3 is 2.58 bits per heavy atom. The summed E-state index contributed by atoms with van der Waals surface area (Å²) in [6.07, 6.45) is 0. The maximum atomic E-state index is 13.5. The number of aromatic amines is 1. The van der Waals surface area contributed by atoms with E-state index in [4.69, 9.17) is 9.47 Å². The predicted octanol–water partition coefficient (Wildman–Crippen LogP) is 2.69. The number of nitrogens with one attached hydrogen (secondary N) is 1. The predicted molar refractivity (Wildman–Crippen MR) is 145 cm³/mol. The molecule has 0 bridgehead atoms. The zero-order valence-corrected chi connectivity index (χ0v) is 22.5. The first kappa shape index (κ1) is 26.0. The Kier molecular flexibility index (Phi) is 7.82. The molecule has 2 aromatic carbocycles. The van der Waals surface area contributed by atoms with Crippen LogP contribution in [0.15, 0.2) is 47.3 Å². The lowest BCUT2D eigenvalue weighted by Gasteiger charge is -2.38. The van der Waals surface area contributed by atoms with Crippen molar-refractivity contribution in [3.8, 4) is 5.75 Å². The summed E-state index contributed by atoms with van der Waals surface area (Å²) in [5, 5.41) is 13.6. The Balaban J connectivity index is 1.46. The van der Waals surface area contributed by atoms with Crippen molar-refractivity contribution in [2.75, 3.05) is 47.0 Å². The minimum Gasteiger partial charge on any atom is -0.497 e. The van der Waals surface area contributed by atoms with Gasteiger partial charge in [-0.25, -0.2) is 4.68 Å². The largest absolute Gasteiger partial charge is 0.497 e. The van der Waals surface area contributed by atoms with Crippen LogP contribution in [-0.4, -0.2) is 82.0 Å². The van der Waals surface area contributed by atoms with Gasteiger partial charge in [-0.15, -0.1) is 5.10 Å². The second kappa shape index (κ2) is 11.4. The Morgan fingerprint density at radius 1 is 1.03 bits per heavy atom. The van der Waals surface area contributed by atoms with Crippen molar-refractivity contribution in [1.82, 2.24) is 35.0 Å². The van der Waals surface area contributed by atoms with Crippen molar-refractivity contribution < 1.29 is 9.47 Å². The van der Waals surface area contributed by atoms with Crippen molar-refractivity contribution >= 4 is 10.9 Å². The summed E-state index contributed by atoms with van der Waals surface area (Å²) in [4.78, 5) is 21.3. The van der Waals surface area contributed by atoms with Crippen LogP contribution in [0.4, 0.5) is 0 Å². The Hall–Kier alpha value is -3.60. The molecule has 0 unspecified atom stereocenters. The van der Waals surface area contributed by atoms with Gasteiger partial charge in [0.2, 0.25) is 0 Å². The van der Waals surface area contributed by atoms with E-state index in [-0.39, 0.29) is 11.6 Å². The molecule has 1 aliphatic heterocycles. The van der Waals surface area contributed by atoms with Crippen LogP contribution in [0, 0.1) is 13.8 Å². The molecule has 2 aromatic heterocycles. The molecule has 1 saturated heterocycles. The second-order valence-corrected chi connectivity index (χ2v) is 9.90. The van der Waals surface area contributed by atoms with Crippen LogP contribution in [0.1, 0.15) is 34.1 Å². The molecule has 0 amide bonds. The molecule has 0 saturated carbocycles. The van der Waals surface area contributed by atoms with Gasteiger partial charge >= 0.3 is 0 Å². The summed E-state index contributed by atoms with van der Waals surface area (Å²) in [6.45, 7) is 9.24. The highest BCUT2D eigenvalue weighted by molar-refractivity contribution is 5.81. The van der Waals surface area contributed by atoms with Gasteiger partial charge in [-0.1, -0.05) is 12.1 Å². The number of pyridine rings is 1. The molecule has 0 spiro atoms. The summed E-state index contributed by atoms with van der Waals surface area (Å²) in [5.74, 6) is 1.52. The number of methoxy groups -OCH3 is 2. The monoisotopic (exact) mass is 517 g/mol. The van der Waals surface area contributed by atoms with Gasteiger partial charge in [-0.2, -0.15) is 0 Å². The van der Waals surface area contributed by atoms with E-state index in [1.807, 2.05) is 24.3 Å². The molecule has 5 rings (SSSR count). The van der Waals surface area contributed by atoms with E-state index in [9.17, 15) is 4.79 Å². The first-order valence-corrected chi connectivity index (χ1v) is 13.0. The van der Waals surface area contributed by atoms with Gasteiger partial charge in [-0.3, -0.25) is 14.6 Å². The van der Waals surface area contributed by atoms with Gasteiger partial charge < -0.3 is 14.5 Å². The van der Waals surface area contributed by atoms with Crippen LogP contribution in [0.5, 0.6) is 5.75 Å². The number of fused-ring (bicyclic) bond motifs is 1. The van der Waals surface area contributed by atoms with Gasteiger partial charge in [0, 0.05) is 50.9 Å². The fraction of sp³-hybridized carbons (Fsp3) is 0.429. The third-order valence-corrected chi connectivity index (χ3v) is 7.41. The molecule has 1 aliphatic rings. The highest BCUT2D eigenvalue weighted by Crippen LogP contribution is 2.29. The first-order valence-electron chi connectivity index (χ1n) is 13.0. The van der Waals surface area contributed by atoms with E-state index < -0.39 is 0 Å². The fourth-order valence-corrected chi connectivity index (χ4v) is 5.15. The smallest absolute Gasteiger partial charge is 0.253 e. The maximum absolute atomic E-state index is 13.5. The Morgan fingerprint density at radius 2 is 1.82 bits per heavy atom. The minimum atomic E-state index is -0.379. The lowest BCUT2D eigenvalue weighted by atomic mass is 10.00. The summed E-state index contributed by atoms with van der Waals surface area (Å²) in [6, 6.07) is 14.0. The number of hydrogen-bond donors (Lipinski definition) is 1. The van der Waals surface area contributed by atoms with E-state index in [1.165, 1.54) is 11.1 Å². The van der Waals surface area contributed by atoms with Crippen molar-refractivity contribution in [2.45, 2.75) is 33.0 Å². The van der Waals surface area contributed by atoms with E-state index in [0.717, 1.165) is 54.9 Å². The van der Waals surface area contributed by atoms with Crippen molar-refractivity contribution in [1.29, 1.82) is 0 Å². The molecule has 0 radical (unpaired) electrons. The molecule has 4 aromatic rings. The number of piperazine rings is 1. The number of H-pyrrole nitrogens is 1. The number of ether oxygens (including phenoxy) is 2. The second-order valence-electron chi connectivity index (χ2n) is 9.90. The molecule has 200 valence electrons. The van der Waals surface area contributed by atoms with Gasteiger partial charge in [0.25, 0.3) is 5.56 Å². The van der Waals surface area contributed by atoms with Gasteiger partial charge in [0.15, 0.2) is 5.82 Å². The number of benzene rings is 2. The van der Waals surface area contributed by atoms with Crippen LogP contribution < -0.4 is 10.3 Å². The van der Waals surface area contributed by atoms with Crippen molar-refractivity contribution in [3.63, 3.8) is 0 Å². The van der Waals surface area contributed by atoms with Gasteiger partial charge in [-0.05, 0) is 76.7 Å². The van der Waals surface area contributed by atoms with Crippen LogP contribution in [0.25, 0.3) is 10.9 Å². The van der Waals surface area contributed by atoms with E-state index >= 15 is 0 Å². The van der Waals surface area contributed by atoms with Crippen LogP contribution >= 0.6 is 0 Å². The number of rotatable bonds is 9. The SMILES string of the molecule is COCCn1nnnc1[C@H](c1cc2cc(C)c(C)cc2[nH]c1=O)N1CCN(Cc2cccc(OC)c2)CC1. The molecule has 38 heavy (non-hydrogen) atoms. The highest BCUT2D eigenvalue weighted by Gasteiger charge is 2.32. The van der Waals surface area contributed by atoms with Gasteiger partial charge in [0.1, 0.15) is 11.8 Å². The quantitative estimate of drug-likeness (QED) is 0.362. The Bertz CT molecular complexity index is 1460. The minimum absolute atomic E-state index is 0.120. The molecule has 1 fully saturated rings. The summed E-state index contributed by atoms with van der Waals surface area (Å²) in [5.41, 5.74) is 4.91. The Labute approximate surface area is 222 Å². The molecule has 0 aliphatic carbocycles. The van der Waals surface area contributed by atoms with E-state index in [0.29, 0.717) is 24.5 Å². The van der Waals surface area contributed by atoms with E-state index in [2.05, 4.69) is 62.4 Å². The average Bonchev–Trinajstić information content (AvgIpc) is 3.38. The van der Waals surface area contributed by atoms with Crippen LogP contribution in [0.2, 0.25) is 0 Å². The summed E-state index contributed by atoms with van der Waals surface area (Å²) >= 11 is 0. The zero-order valence-electron chi connectivity index (χ0n) is 22.5. The summed E-state index contributed by atoms with van der Waals surface area (Å²) in [7, 11) is 3.34. The third-order valence-electron chi connectivity index (χ3n) is 7.41. The number of nitrogens with zero attached hydrogens (tertiary/aromatic N) is 6. The highest BCUT2D eigenvalue weighted by atomic mass is 16.5. The molecule has 1 atom stereocenters. The zero-order chi connectivity index (χ0) is 26.6. The topological polar surface area (TPSA) is 101 Å². The lowest BCUT2D eigenvalue weighted by molar-refractivity contribution is 0.0984. The summed E-state index contributed by atoms with van der Waals surface area (Å²) < 4.78 is 12.4. The van der Waals surface area contributed by atoms with Crippen LogP contribution in [-0.2, 0) is 17.8 Å². The first-order chi connectivity index (χ1) is 18.5. The number of aromatic nitrogens is 5.